The van der Waals surface area contributed by atoms with Crippen molar-refractivity contribution >= 4 is 29.0 Å². The highest BCUT2D eigenvalue weighted by Gasteiger charge is 2.36. The molecule has 0 spiro atoms. The molecular weight excluding hydrogens is 374 g/mol. The largest absolute Gasteiger partial charge is 0.463 e. The number of aryl methyl sites for hydroxylation is 2. The van der Waals surface area contributed by atoms with Gasteiger partial charge in [-0.2, -0.15) is 0 Å². The number of esters is 1. The van der Waals surface area contributed by atoms with Gasteiger partial charge in [-0.1, -0.05) is 29.8 Å². The molecule has 28 heavy (non-hydrogen) atoms. The summed E-state index contributed by atoms with van der Waals surface area (Å²) in [6.07, 6.45) is 0. The number of hydrogen-bond donors (Lipinski definition) is 0. The van der Waals surface area contributed by atoms with Crippen LogP contribution in [0.4, 0.5) is 0 Å². The van der Waals surface area contributed by atoms with Gasteiger partial charge >= 0.3 is 5.97 Å². The highest BCUT2D eigenvalue weighted by atomic mass is 32.1. The number of nitrogens with zero attached hydrogens (tertiary/aromatic N) is 3. The first-order valence-corrected chi connectivity index (χ1v) is 9.96. The molecule has 1 aliphatic heterocycles. The summed E-state index contributed by atoms with van der Waals surface area (Å²) >= 11 is 1.49. The van der Waals surface area contributed by atoms with Gasteiger partial charge in [0, 0.05) is 18.0 Å². The number of rotatable bonds is 4. The Balaban J connectivity index is 2.21. The molecule has 0 unspecified atom stereocenters. The van der Waals surface area contributed by atoms with E-state index in [-0.39, 0.29) is 12.5 Å². The van der Waals surface area contributed by atoms with E-state index in [1.54, 1.807) is 13.8 Å². The second-order valence-electron chi connectivity index (χ2n) is 6.59. The lowest BCUT2D eigenvalue weighted by atomic mass is 9.94. The minimum Gasteiger partial charge on any atom is -0.463 e. The van der Waals surface area contributed by atoms with Crippen LogP contribution in [-0.2, 0) is 14.3 Å². The molecule has 7 heteroatoms. The highest BCUT2D eigenvalue weighted by Crippen LogP contribution is 2.36. The summed E-state index contributed by atoms with van der Waals surface area (Å²) in [7, 11) is 0. The van der Waals surface area contributed by atoms with Crippen LogP contribution in [0.3, 0.4) is 0 Å². The maximum absolute atomic E-state index is 12.8. The number of thiazole rings is 1. The van der Waals surface area contributed by atoms with E-state index < -0.39 is 12.0 Å². The fourth-order valence-electron chi connectivity index (χ4n) is 3.21. The van der Waals surface area contributed by atoms with Crippen LogP contribution >= 0.6 is 11.3 Å². The fraction of sp³-hybridized carbons (Fsp3) is 0.333. The summed E-state index contributed by atoms with van der Waals surface area (Å²) < 4.78 is 5.28. The van der Waals surface area contributed by atoms with Gasteiger partial charge in [-0.15, -0.1) is 11.3 Å². The molecule has 0 aliphatic carbocycles. The van der Waals surface area contributed by atoms with E-state index in [1.807, 2.05) is 43.5 Å². The molecule has 2 heterocycles. The topological polar surface area (TPSA) is 71.9 Å². The van der Waals surface area contributed by atoms with Gasteiger partial charge in [0.2, 0.25) is 5.91 Å². The van der Waals surface area contributed by atoms with Crippen LogP contribution in [0.1, 0.15) is 48.6 Å². The molecule has 1 aromatic carbocycles. The Morgan fingerprint density at radius 3 is 2.39 bits per heavy atom. The van der Waals surface area contributed by atoms with Gasteiger partial charge in [-0.05, 0) is 33.3 Å². The third kappa shape index (κ3) is 3.75. The Morgan fingerprint density at radius 1 is 1.18 bits per heavy atom. The maximum Gasteiger partial charge on any atom is 0.338 e. The van der Waals surface area contributed by atoms with Gasteiger partial charge in [0.1, 0.15) is 11.7 Å². The van der Waals surface area contributed by atoms with Crippen LogP contribution in [0.15, 0.2) is 45.9 Å². The van der Waals surface area contributed by atoms with Crippen molar-refractivity contribution in [2.24, 2.45) is 4.99 Å². The predicted octanol–water partition coefficient (Wildman–Crippen LogP) is 3.95. The monoisotopic (exact) mass is 397 g/mol. The van der Waals surface area contributed by atoms with Crippen LogP contribution in [0, 0.1) is 13.8 Å². The zero-order valence-electron chi connectivity index (χ0n) is 16.6. The third-order valence-corrected chi connectivity index (χ3v) is 5.29. The minimum absolute atomic E-state index is 0.231. The lowest BCUT2D eigenvalue weighted by Crippen LogP contribution is -2.40. The maximum atomic E-state index is 12.8. The molecule has 2 aromatic rings. The Hall–Kier alpha value is -2.80. The number of amides is 1. The van der Waals surface area contributed by atoms with E-state index in [2.05, 4.69) is 4.98 Å². The van der Waals surface area contributed by atoms with Crippen LogP contribution in [0.2, 0.25) is 0 Å². The van der Waals surface area contributed by atoms with Gasteiger partial charge in [-0.3, -0.25) is 14.7 Å². The normalized spacial score (nSPS) is 16.8. The van der Waals surface area contributed by atoms with Crippen LogP contribution in [-0.4, -0.2) is 34.2 Å². The zero-order chi connectivity index (χ0) is 20.4. The lowest BCUT2D eigenvalue weighted by Gasteiger charge is -2.32. The van der Waals surface area contributed by atoms with Crippen LogP contribution < -0.4 is 0 Å². The summed E-state index contributed by atoms with van der Waals surface area (Å²) in [6, 6.07) is 7.29. The second-order valence-corrected chi connectivity index (χ2v) is 7.65. The van der Waals surface area contributed by atoms with Gasteiger partial charge in [0.15, 0.2) is 5.84 Å². The Morgan fingerprint density at radius 2 is 1.86 bits per heavy atom. The second kappa shape index (κ2) is 8.06. The number of carbonyl (C=O) groups is 2. The first-order valence-electron chi connectivity index (χ1n) is 9.09. The number of ether oxygens (including phenoxy) is 1. The fourth-order valence-corrected chi connectivity index (χ4v) is 3.80. The molecule has 1 atom stereocenters. The highest BCUT2D eigenvalue weighted by molar-refractivity contribution is 7.09. The van der Waals surface area contributed by atoms with Gasteiger partial charge in [-0.25, -0.2) is 9.78 Å². The lowest BCUT2D eigenvalue weighted by molar-refractivity contribution is -0.139. The summed E-state index contributed by atoms with van der Waals surface area (Å²) in [5.74, 6) is -0.242. The summed E-state index contributed by atoms with van der Waals surface area (Å²) in [4.78, 5) is 36.0. The molecule has 0 bridgehead atoms. The number of aliphatic imine (C=N–C) groups is 1. The van der Waals surface area contributed by atoms with E-state index in [1.165, 1.54) is 23.2 Å². The van der Waals surface area contributed by atoms with Crippen molar-refractivity contribution in [2.75, 3.05) is 6.61 Å². The van der Waals surface area contributed by atoms with E-state index in [9.17, 15) is 9.59 Å². The van der Waals surface area contributed by atoms with Crippen molar-refractivity contribution in [1.29, 1.82) is 0 Å². The van der Waals surface area contributed by atoms with Crippen molar-refractivity contribution in [3.8, 4) is 0 Å². The first kappa shape index (κ1) is 19.9. The zero-order valence-corrected chi connectivity index (χ0v) is 17.5. The third-order valence-electron chi connectivity index (χ3n) is 4.51. The predicted molar refractivity (Wildman–Crippen MR) is 109 cm³/mol. The minimum atomic E-state index is -0.563. The van der Waals surface area contributed by atoms with Crippen molar-refractivity contribution in [3.05, 3.63) is 62.7 Å². The molecule has 146 valence electrons. The molecule has 1 aromatic heterocycles. The standard InChI is InChI=1S/C21H23N3O3S/c1-6-27-21(26)18-13(3)24(15(5)25)20(17-11-28-14(4)22-17)23-19(18)16-9-7-12(2)8-10-16/h7-11,19H,6H2,1-5H3/t19-/m1/s1. The van der Waals surface area contributed by atoms with E-state index in [0.29, 0.717) is 22.8 Å². The van der Waals surface area contributed by atoms with Crippen molar-refractivity contribution < 1.29 is 14.3 Å². The van der Waals surface area contributed by atoms with Gasteiger partial charge in [0.05, 0.1) is 17.2 Å². The van der Waals surface area contributed by atoms with Crippen LogP contribution in [0.5, 0.6) is 0 Å². The van der Waals surface area contributed by atoms with Crippen LogP contribution in [0.25, 0.3) is 0 Å². The molecule has 0 N–H and O–H groups in total. The average molecular weight is 398 g/mol. The van der Waals surface area contributed by atoms with Crippen molar-refractivity contribution in [3.63, 3.8) is 0 Å². The molecule has 0 fully saturated rings. The van der Waals surface area contributed by atoms with Gasteiger partial charge < -0.3 is 4.74 Å². The summed E-state index contributed by atoms with van der Waals surface area (Å²) in [6.45, 7) is 9.11. The SMILES string of the molecule is CCOC(=O)C1=C(C)N(C(C)=O)C(c2csc(C)n2)=N[C@@H]1c1ccc(C)cc1. The molecule has 1 amide bonds. The molecular formula is C21H23N3O3S. The smallest absolute Gasteiger partial charge is 0.338 e. The number of aromatic nitrogens is 1. The molecule has 1 aliphatic rings. The molecule has 0 saturated heterocycles. The average Bonchev–Trinajstić information content (AvgIpc) is 3.07. The van der Waals surface area contributed by atoms with Gasteiger partial charge in [0.25, 0.3) is 0 Å². The number of allylic oxidation sites excluding steroid dienone is 1. The first-order chi connectivity index (χ1) is 13.3. The van der Waals surface area contributed by atoms with Crippen molar-refractivity contribution in [2.45, 2.75) is 40.7 Å². The Labute approximate surface area is 168 Å². The molecule has 3 rings (SSSR count). The number of benzene rings is 1. The Kier molecular flexibility index (Phi) is 5.74. The molecule has 0 saturated carbocycles. The molecule has 6 nitrogen and oxygen atoms in total. The quantitative estimate of drug-likeness (QED) is 0.733. The van der Waals surface area contributed by atoms with E-state index >= 15 is 0 Å². The summed E-state index contributed by atoms with van der Waals surface area (Å²) in [5.41, 5.74) is 3.49. The van der Waals surface area contributed by atoms with E-state index in [0.717, 1.165) is 16.1 Å². The Bertz CT molecular complexity index is 973. The summed E-state index contributed by atoms with van der Waals surface area (Å²) in [5, 5.41) is 2.75. The number of hydrogen-bond acceptors (Lipinski definition) is 6. The number of amidine groups is 1. The van der Waals surface area contributed by atoms with E-state index in [4.69, 9.17) is 9.73 Å². The molecule has 0 radical (unpaired) electrons. The van der Waals surface area contributed by atoms with Crippen molar-refractivity contribution in [1.82, 2.24) is 9.88 Å². The number of carbonyl (C=O) groups excluding carboxylic acids is 2.